The lowest BCUT2D eigenvalue weighted by molar-refractivity contribution is -0.123. The number of anilines is 1. The van der Waals surface area contributed by atoms with Gasteiger partial charge in [0.05, 0.1) is 28.5 Å². The van der Waals surface area contributed by atoms with Crippen LogP contribution in [-0.2, 0) is 14.3 Å². The van der Waals surface area contributed by atoms with E-state index in [0.29, 0.717) is 35.8 Å². The molecule has 0 radical (unpaired) electrons. The van der Waals surface area contributed by atoms with Gasteiger partial charge in [-0.25, -0.2) is 9.07 Å². The predicted octanol–water partition coefficient (Wildman–Crippen LogP) is 5.76. The highest BCUT2D eigenvalue weighted by atomic mass is 32.2. The number of nitrogens with zero attached hydrogens (tertiary/aromatic N) is 3. The van der Waals surface area contributed by atoms with Gasteiger partial charge in [-0.3, -0.25) is 14.5 Å². The Hall–Kier alpha value is -3.95. The highest BCUT2D eigenvalue weighted by Gasteiger charge is 2.38. The van der Waals surface area contributed by atoms with Gasteiger partial charge in [0.1, 0.15) is 18.2 Å². The zero-order chi connectivity index (χ0) is 29.2. The predicted molar refractivity (Wildman–Crippen MR) is 164 cm³/mol. The van der Waals surface area contributed by atoms with Crippen molar-refractivity contribution < 1.29 is 18.7 Å². The topological polar surface area (TPSA) is 76.5 Å². The molecule has 0 spiro atoms. The number of hydrogen-bond acceptors (Lipinski definition) is 5. The van der Waals surface area contributed by atoms with E-state index in [1.165, 1.54) is 22.7 Å². The molecule has 1 saturated heterocycles. The van der Waals surface area contributed by atoms with Gasteiger partial charge in [0.25, 0.3) is 0 Å². The molecule has 42 heavy (non-hydrogen) atoms. The third-order valence-electron chi connectivity index (χ3n) is 7.98. The average Bonchev–Trinajstić information content (AvgIpc) is 3.63. The lowest BCUT2D eigenvalue weighted by Crippen LogP contribution is -2.44. The number of benzene rings is 3. The minimum atomic E-state index is -0.529. The van der Waals surface area contributed by atoms with Crippen LogP contribution in [0.2, 0.25) is 0 Å². The number of rotatable bonds is 7. The van der Waals surface area contributed by atoms with Gasteiger partial charge in [-0.2, -0.15) is 5.10 Å². The molecule has 2 aliphatic rings. The highest BCUT2D eigenvalue weighted by Crippen LogP contribution is 2.49. The summed E-state index contributed by atoms with van der Waals surface area (Å²) in [6.45, 7) is 4.94. The second-order valence-electron chi connectivity index (χ2n) is 10.7. The first-order chi connectivity index (χ1) is 20.4. The van der Waals surface area contributed by atoms with E-state index in [-0.39, 0.29) is 36.0 Å². The molecule has 2 atom stereocenters. The van der Waals surface area contributed by atoms with E-state index in [9.17, 15) is 9.59 Å². The SMILES string of the molecule is Cc1cccc(-n2nc(-c3ccccc3)c3c2N(CC(=O)NC[C@H]2CCCO2)C(=O)CS[C@@H]3c2ccccc2F)c1C. The number of thioether (sulfide) groups is 1. The number of aromatic nitrogens is 2. The fraction of sp³-hybridized carbons (Fsp3) is 0.303. The Kier molecular flexibility index (Phi) is 8.13. The standard InChI is InChI=1S/C33H33FN4O3S/c1-21-10-8-16-27(22(21)2)38-33-30(31(36-38)23-11-4-3-5-12-23)32(25-14-6-7-15-26(25)34)42-20-29(40)37(33)19-28(39)35-18-24-13-9-17-41-24/h3-8,10-12,14-16,24,32H,9,13,17-20H2,1-2H3,(H,35,39)/t24-,32-/m1/s1. The van der Waals surface area contributed by atoms with Crippen LogP contribution in [0.25, 0.3) is 16.9 Å². The smallest absolute Gasteiger partial charge is 0.240 e. The number of carbonyl (C=O) groups excluding carboxylic acids is 2. The fourth-order valence-electron chi connectivity index (χ4n) is 5.63. The van der Waals surface area contributed by atoms with Crippen LogP contribution in [0.5, 0.6) is 0 Å². The quantitative estimate of drug-likeness (QED) is 0.299. The molecule has 0 unspecified atom stereocenters. The molecule has 3 heterocycles. The Labute approximate surface area is 249 Å². The first-order valence-electron chi connectivity index (χ1n) is 14.2. The van der Waals surface area contributed by atoms with E-state index in [4.69, 9.17) is 9.84 Å². The number of carbonyl (C=O) groups is 2. The van der Waals surface area contributed by atoms with Crippen LogP contribution in [0, 0.1) is 19.7 Å². The Morgan fingerprint density at radius 2 is 1.86 bits per heavy atom. The Balaban J connectivity index is 1.55. The van der Waals surface area contributed by atoms with Crippen molar-refractivity contribution in [1.29, 1.82) is 0 Å². The van der Waals surface area contributed by atoms with Gasteiger partial charge in [-0.05, 0) is 49.9 Å². The monoisotopic (exact) mass is 584 g/mol. The van der Waals surface area contributed by atoms with Crippen LogP contribution in [-0.4, -0.2) is 53.1 Å². The summed E-state index contributed by atoms with van der Waals surface area (Å²) in [5, 5.41) is 7.55. The third-order valence-corrected chi connectivity index (χ3v) is 9.22. The Bertz CT molecular complexity index is 1620. The van der Waals surface area contributed by atoms with Crippen LogP contribution in [0.4, 0.5) is 10.2 Å². The maximum atomic E-state index is 15.4. The molecule has 2 aliphatic heterocycles. The molecular weight excluding hydrogens is 551 g/mol. The summed E-state index contributed by atoms with van der Waals surface area (Å²) in [5.74, 6) is -0.312. The summed E-state index contributed by atoms with van der Waals surface area (Å²) in [4.78, 5) is 28.7. The number of amides is 2. The van der Waals surface area contributed by atoms with Crippen LogP contribution >= 0.6 is 11.8 Å². The molecule has 3 aromatic carbocycles. The zero-order valence-corrected chi connectivity index (χ0v) is 24.5. The molecule has 2 amide bonds. The molecule has 6 rings (SSSR count). The van der Waals surface area contributed by atoms with Crippen molar-refractivity contribution in [2.24, 2.45) is 0 Å². The molecule has 1 N–H and O–H groups in total. The molecule has 0 bridgehead atoms. The number of ether oxygens (including phenoxy) is 1. The molecule has 7 nitrogen and oxygen atoms in total. The molecule has 9 heteroatoms. The summed E-state index contributed by atoms with van der Waals surface area (Å²) in [6, 6.07) is 22.3. The minimum Gasteiger partial charge on any atom is -0.376 e. The number of hydrogen-bond donors (Lipinski definition) is 1. The van der Waals surface area contributed by atoms with Gasteiger partial charge in [0.15, 0.2) is 0 Å². The normalized spacial score (nSPS) is 18.5. The van der Waals surface area contributed by atoms with Gasteiger partial charge in [-0.1, -0.05) is 60.7 Å². The van der Waals surface area contributed by atoms with Gasteiger partial charge < -0.3 is 10.1 Å². The minimum absolute atomic E-state index is 0.0181. The second-order valence-corrected chi connectivity index (χ2v) is 11.8. The van der Waals surface area contributed by atoms with Crippen molar-refractivity contribution in [2.45, 2.75) is 38.0 Å². The summed E-state index contributed by atoms with van der Waals surface area (Å²) >= 11 is 1.36. The Morgan fingerprint density at radius 1 is 1.07 bits per heavy atom. The van der Waals surface area contributed by atoms with E-state index in [1.807, 2.05) is 62.4 Å². The molecule has 1 fully saturated rings. The summed E-state index contributed by atoms with van der Waals surface area (Å²) in [7, 11) is 0. The fourth-order valence-corrected chi connectivity index (χ4v) is 6.85. The lowest BCUT2D eigenvalue weighted by atomic mass is 9.99. The maximum absolute atomic E-state index is 15.4. The summed E-state index contributed by atoms with van der Waals surface area (Å²) < 4.78 is 22.9. The molecule has 1 aromatic heterocycles. The Morgan fingerprint density at radius 3 is 2.62 bits per heavy atom. The zero-order valence-electron chi connectivity index (χ0n) is 23.7. The van der Waals surface area contributed by atoms with E-state index in [2.05, 4.69) is 5.32 Å². The molecule has 216 valence electrons. The van der Waals surface area contributed by atoms with Crippen molar-refractivity contribution in [1.82, 2.24) is 15.1 Å². The lowest BCUT2D eigenvalue weighted by Gasteiger charge is -2.24. The number of nitrogens with one attached hydrogen (secondary N) is 1. The van der Waals surface area contributed by atoms with Crippen molar-refractivity contribution in [3.8, 4) is 16.9 Å². The van der Waals surface area contributed by atoms with E-state index in [0.717, 1.165) is 35.2 Å². The number of fused-ring (bicyclic) bond motifs is 1. The first-order valence-corrected chi connectivity index (χ1v) is 15.3. The summed E-state index contributed by atoms with van der Waals surface area (Å²) in [5.41, 5.74) is 5.53. The molecule has 4 aromatic rings. The van der Waals surface area contributed by atoms with Crippen LogP contribution < -0.4 is 10.2 Å². The van der Waals surface area contributed by atoms with Crippen molar-refractivity contribution >= 4 is 29.4 Å². The van der Waals surface area contributed by atoms with Crippen LogP contribution in [0.1, 0.15) is 40.3 Å². The van der Waals surface area contributed by atoms with Crippen molar-refractivity contribution in [3.63, 3.8) is 0 Å². The largest absolute Gasteiger partial charge is 0.376 e. The van der Waals surface area contributed by atoms with Gasteiger partial charge in [-0.15, -0.1) is 11.8 Å². The number of aryl methyl sites for hydroxylation is 1. The summed E-state index contributed by atoms with van der Waals surface area (Å²) in [6.07, 6.45) is 1.85. The first kappa shape index (κ1) is 28.2. The van der Waals surface area contributed by atoms with E-state index < -0.39 is 5.25 Å². The number of halogens is 1. The molecule has 0 saturated carbocycles. The second kappa shape index (κ2) is 12.1. The van der Waals surface area contributed by atoms with E-state index in [1.54, 1.807) is 22.9 Å². The van der Waals surface area contributed by atoms with E-state index >= 15 is 4.39 Å². The van der Waals surface area contributed by atoms with Crippen molar-refractivity contribution in [3.05, 3.63) is 101 Å². The molecular formula is C33H33FN4O3S. The van der Waals surface area contributed by atoms with Crippen LogP contribution in [0.3, 0.4) is 0 Å². The van der Waals surface area contributed by atoms with Gasteiger partial charge in [0.2, 0.25) is 11.8 Å². The highest BCUT2D eigenvalue weighted by molar-refractivity contribution is 8.00. The van der Waals surface area contributed by atoms with Gasteiger partial charge in [0, 0.05) is 29.8 Å². The van der Waals surface area contributed by atoms with Crippen molar-refractivity contribution in [2.75, 3.05) is 30.3 Å². The third kappa shape index (κ3) is 5.46. The maximum Gasteiger partial charge on any atom is 0.240 e. The molecule has 0 aliphatic carbocycles. The van der Waals surface area contributed by atoms with Gasteiger partial charge >= 0.3 is 0 Å². The van der Waals surface area contributed by atoms with Crippen LogP contribution in [0.15, 0.2) is 72.8 Å². The average molecular weight is 585 g/mol.